The molecule has 2 unspecified atom stereocenters. The Morgan fingerprint density at radius 3 is 2.43 bits per heavy atom. The lowest BCUT2D eigenvalue weighted by Crippen LogP contribution is -2.35. The smallest absolute Gasteiger partial charge is 0.207 e. The van der Waals surface area contributed by atoms with Gasteiger partial charge in [-0.1, -0.05) is 18.6 Å². The number of nitrogens with zero attached hydrogens (tertiary/aromatic N) is 1. The van der Waals surface area contributed by atoms with Crippen LogP contribution < -0.4 is 0 Å². The van der Waals surface area contributed by atoms with Gasteiger partial charge in [-0.3, -0.25) is 0 Å². The molecule has 3 rings (SSSR count). The first-order valence-corrected chi connectivity index (χ1v) is 8.74. The predicted octanol–water partition coefficient (Wildman–Crippen LogP) is 3.36. The number of hydrogen-bond donors (Lipinski definition) is 0. The SMILES string of the molecule is CC(F)(F)c1ccc(S(=O)(=O)N2CCC3CCCC32)cc1. The van der Waals surface area contributed by atoms with Gasteiger partial charge in [-0.05, 0) is 37.3 Å². The standard InChI is InChI=1S/C15H19F2NO2S/c1-15(16,17)12-5-7-13(8-6-12)21(19,20)18-10-9-11-3-2-4-14(11)18/h5-8,11,14H,2-4,9-10H2,1H3. The molecule has 0 bridgehead atoms. The van der Waals surface area contributed by atoms with Crippen molar-refractivity contribution < 1.29 is 17.2 Å². The minimum Gasteiger partial charge on any atom is -0.207 e. The first kappa shape index (κ1) is 14.9. The lowest BCUT2D eigenvalue weighted by Gasteiger charge is -2.23. The summed E-state index contributed by atoms with van der Waals surface area (Å²) in [6, 6.07) is 5.10. The third-order valence-electron chi connectivity index (χ3n) is 4.68. The van der Waals surface area contributed by atoms with Gasteiger partial charge in [0.15, 0.2) is 0 Å². The van der Waals surface area contributed by atoms with Gasteiger partial charge in [-0.2, -0.15) is 4.31 Å². The highest BCUT2D eigenvalue weighted by Crippen LogP contribution is 2.40. The zero-order valence-corrected chi connectivity index (χ0v) is 12.7. The molecule has 2 aliphatic rings. The molecule has 6 heteroatoms. The summed E-state index contributed by atoms with van der Waals surface area (Å²) in [6.07, 6.45) is 3.99. The quantitative estimate of drug-likeness (QED) is 0.857. The van der Waals surface area contributed by atoms with Crippen LogP contribution in [-0.2, 0) is 15.9 Å². The number of sulfonamides is 1. The Balaban J connectivity index is 1.88. The molecule has 2 atom stereocenters. The molecule has 1 saturated carbocycles. The minimum atomic E-state index is -3.57. The Labute approximate surface area is 124 Å². The fourth-order valence-corrected chi connectivity index (χ4v) is 5.28. The molecule has 1 aromatic rings. The fourth-order valence-electron chi connectivity index (χ4n) is 3.55. The van der Waals surface area contributed by atoms with Crippen LogP contribution in [0, 0.1) is 5.92 Å². The van der Waals surface area contributed by atoms with Crippen molar-refractivity contribution >= 4 is 10.0 Å². The summed E-state index contributed by atoms with van der Waals surface area (Å²) >= 11 is 0. The van der Waals surface area contributed by atoms with Gasteiger partial charge >= 0.3 is 0 Å². The van der Waals surface area contributed by atoms with Crippen LogP contribution in [0.5, 0.6) is 0 Å². The van der Waals surface area contributed by atoms with Crippen molar-refractivity contribution in [3.8, 4) is 0 Å². The Kier molecular flexibility index (Phi) is 3.56. The molecule has 1 saturated heterocycles. The molecule has 3 nitrogen and oxygen atoms in total. The van der Waals surface area contributed by atoms with Gasteiger partial charge in [-0.15, -0.1) is 0 Å². The zero-order chi connectivity index (χ0) is 15.3. The summed E-state index contributed by atoms with van der Waals surface area (Å²) < 4.78 is 53.3. The van der Waals surface area contributed by atoms with E-state index in [4.69, 9.17) is 0 Å². The Bertz CT molecular complexity index is 622. The van der Waals surface area contributed by atoms with E-state index in [9.17, 15) is 17.2 Å². The van der Waals surface area contributed by atoms with Crippen molar-refractivity contribution in [2.24, 2.45) is 5.92 Å². The summed E-state index contributed by atoms with van der Waals surface area (Å²) in [5.74, 6) is -2.48. The second-order valence-electron chi connectivity index (χ2n) is 6.08. The average Bonchev–Trinajstić information content (AvgIpc) is 2.99. The molecule has 0 amide bonds. The maximum atomic E-state index is 13.2. The average molecular weight is 315 g/mol. The molecule has 1 aromatic carbocycles. The van der Waals surface area contributed by atoms with Gasteiger partial charge in [0.1, 0.15) is 0 Å². The Morgan fingerprint density at radius 1 is 1.14 bits per heavy atom. The van der Waals surface area contributed by atoms with Crippen LogP contribution in [0.15, 0.2) is 29.2 Å². The molecule has 0 radical (unpaired) electrons. The van der Waals surface area contributed by atoms with Gasteiger partial charge in [-0.25, -0.2) is 17.2 Å². The first-order valence-electron chi connectivity index (χ1n) is 7.30. The molecular weight excluding hydrogens is 296 g/mol. The van der Waals surface area contributed by atoms with Crippen LogP contribution in [-0.4, -0.2) is 25.3 Å². The summed E-state index contributed by atoms with van der Waals surface area (Å²) in [4.78, 5) is 0.114. The topological polar surface area (TPSA) is 37.4 Å². The monoisotopic (exact) mass is 315 g/mol. The fraction of sp³-hybridized carbons (Fsp3) is 0.600. The van der Waals surface area contributed by atoms with E-state index >= 15 is 0 Å². The van der Waals surface area contributed by atoms with E-state index in [0.717, 1.165) is 32.6 Å². The van der Waals surface area contributed by atoms with E-state index in [1.807, 2.05) is 0 Å². The number of alkyl halides is 2. The highest BCUT2D eigenvalue weighted by Gasteiger charge is 2.43. The van der Waals surface area contributed by atoms with E-state index in [-0.39, 0.29) is 16.5 Å². The predicted molar refractivity (Wildman–Crippen MR) is 75.6 cm³/mol. The van der Waals surface area contributed by atoms with E-state index in [2.05, 4.69) is 0 Å². The van der Waals surface area contributed by atoms with Gasteiger partial charge in [0, 0.05) is 25.1 Å². The number of halogens is 2. The van der Waals surface area contributed by atoms with Crippen molar-refractivity contribution in [3.05, 3.63) is 29.8 Å². The molecule has 2 fully saturated rings. The van der Waals surface area contributed by atoms with Crippen LogP contribution in [0.3, 0.4) is 0 Å². The van der Waals surface area contributed by atoms with Crippen molar-refractivity contribution in [2.75, 3.05) is 6.54 Å². The molecule has 1 aliphatic heterocycles. The zero-order valence-electron chi connectivity index (χ0n) is 11.9. The molecular formula is C15H19F2NO2S. The van der Waals surface area contributed by atoms with Crippen molar-refractivity contribution in [3.63, 3.8) is 0 Å². The molecule has 0 aromatic heterocycles. The second-order valence-corrected chi connectivity index (χ2v) is 7.97. The molecule has 0 spiro atoms. The Hall–Kier alpha value is -1.01. The lowest BCUT2D eigenvalue weighted by molar-refractivity contribution is 0.0174. The summed E-state index contributed by atoms with van der Waals surface area (Å²) in [5, 5.41) is 0. The van der Waals surface area contributed by atoms with Crippen molar-refractivity contribution in [1.82, 2.24) is 4.31 Å². The summed E-state index contributed by atoms with van der Waals surface area (Å²) in [6.45, 7) is 1.35. The lowest BCUT2D eigenvalue weighted by atomic mass is 10.1. The number of fused-ring (bicyclic) bond motifs is 1. The van der Waals surface area contributed by atoms with Crippen molar-refractivity contribution in [1.29, 1.82) is 0 Å². The van der Waals surface area contributed by atoms with Gasteiger partial charge in [0.2, 0.25) is 10.0 Å². The highest BCUT2D eigenvalue weighted by atomic mass is 32.2. The molecule has 21 heavy (non-hydrogen) atoms. The third kappa shape index (κ3) is 2.59. The molecule has 116 valence electrons. The van der Waals surface area contributed by atoms with E-state index in [0.29, 0.717) is 12.5 Å². The van der Waals surface area contributed by atoms with Gasteiger partial charge in [0.25, 0.3) is 5.92 Å². The van der Waals surface area contributed by atoms with E-state index in [1.165, 1.54) is 24.3 Å². The second kappa shape index (κ2) is 5.02. The van der Waals surface area contributed by atoms with Crippen LogP contribution in [0.2, 0.25) is 0 Å². The maximum absolute atomic E-state index is 13.2. The number of rotatable bonds is 3. The van der Waals surface area contributed by atoms with Gasteiger partial charge in [0.05, 0.1) is 4.90 Å². The van der Waals surface area contributed by atoms with Crippen LogP contribution in [0.4, 0.5) is 8.78 Å². The first-order chi connectivity index (χ1) is 9.80. The molecule has 1 heterocycles. The number of benzene rings is 1. The highest BCUT2D eigenvalue weighted by molar-refractivity contribution is 7.89. The normalized spacial score (nSPS) is 27.0. The molecule has 1 aliphatic carbocycles. The van der Waals surface area contributed by atoms with Crippen LogP contribution in [0.25, 0.3) is 0 Å². The molecule has 0 N–H and O–H groups in total. The maximum Gasteiger partial charge on any atom is 0.270 e. The van der Waals surface area contributed by atoms with Crippen LogP contribution >= 0.6 is 0 Å². The van der Waals surface area contributed by atoms with Gasteiger partial charge < -0.3 is 0 Å². The van der Waals surface area contributed by atoms with Crippen LogP contribution in [0.1, 0.15) is 38.2 Å². The summed E-state index contributed by atoms with van der Waals surface area (Å²) in [5.41, 5.74) is -0.165. The third-order valence-corrected chi connectivity index (χ3v) is 6.62. The largest absolute Gasteiger partial charge is 0.270 e. The summed E-state index contributed by atoms with van der Waals surface area (Å²) in [7, 11) is -3.57. The van der Waals surface area contributed by atoms with E-state index in [1.54, 1.807) is 4.31 Å². The van der Waals surface area contributed by atoms with E-state index < -0.39 is 15.9 Å². The number of hydrogen-bond acceptors (Lipinski definition) is 2. The van der Waals surface area contributed by atoms with Crippen molar-refractivity contribution in [2.45, 2.75) is 49.5 Å². The Morgan fingerprint density at radius 2 is 1.81 bits per heavy atom. The minimum absolute atomic E-state index is 0.0993.